The Hall–Kier alpha value is -3.13. The average molecular weight is 321 g/mol. The van der Waals surface area contributed by atoms with E-state index >= 15 is 0 Å². The zero-order valence-electron chi connectivity index (χ0n) is 13.5. The van der Waals surface area contributed by atoms with Crippen molar-refractivity contribution in [1.29, 1.82) is 0 Å². The summed E-state index contributed by atoms with van der Waals surface area (Å²) < 4.78 is 21.4. The number of aromatic nitrogens is 3. The van der Waals surface area contributed by atoms with Crippen molar-refractivity contribution in [2.75, 3.05) is 0 Å². The van der Waals surface area contributed by atoms with Gasteiger partial charge in [-0.2, -0.15) is 5.10 Å². The molecule has 5 heteroatoms. The molecule has 0 fully saturated rings. The van der Waals surface area contributed by atoms with Crippen molar-refractivity contribution in [3.63, 3.8) is 0 Å². The van der Waals surface area contributed by atoms with Gasteiger partial charge in [-0.1, -0.05) is 24.0 Å². The minimum absolute atomic E-state index is 0.124. The lowest BCUT2D eigenvalue weighted by Crippen LogP contribution is -2.00. The highest BCUT2D eigenvalue weighted by Crippen LogP contribution is 2.14. The topological polar surface area (TPSA) is 39.9 Å². The van der Waals surface area contributed by atoms with Crippen LogP contribution < -0.4 is 4.74 Å². The third-order valence-electron chi connectivity index (χ3n) is 3.35. The summed E-state index contributed by atoms with van der Waals surface area (Å²) in [7, 11) is 1.82. The molecule has 0 aliphatic heterocycles. The number of rotatable bonds is 3. The second-order valence-electron chi connectivity index (χ2n) is 5.36. The molecule has 0 radical (unpaired) electrons. The molecule has 0 aliphatic rings. The summed E-state index contributed by atoms with van der Waals surface area (Å²) in [5.41, 5.74) is 2.71. The van der Waals surface area contributed by atoms with Gasteiger partial charge in [0.25, 0.3) is 0 Å². The highest BCUT2D eigenvalue weighted by atomic mass is 19.1. The molecule has 24 heavy (non-hydrogen) atoms. The smallest absolute Gasteiger partial charge is 0.213 e. The van der Waals surface area contributed by atoms with Gasteiger partial charge in [0.2, 0.25) is 5.88 Å². The molecule has 2 heterocycles. The van der Waals surface area contributed by atoms with E-state index in [1.54, 1.807) is 35.3 Å². The molecular formula is C19H16FN3O. The highest BCUT2D eigenvalue weighted by molar-refractivity contribution is 5.42. The molecule has 0 amide bonds. The Morgan fingerprint density at radius 3 is 2.71 bits per heavy atom. The molecule has 0 spiro atoms. The van der Waals surface area contributed by atoms with Crippen LogP contribution in [-0.2, 0) is 13.7 Å². The Balaban J connectivity index is 1.69. The Morgan fingerprint density at radius 2 is 2.00 bits per heavy atom. The lowest BCUT2D eigenvalue weighted by atomic mass is 10.1. The van der Waals surface area contributed by atoms with Crippen LogP contribution in [0.25, 0.3) is 0 Å². The number of aryl methyl sites for hydroxylation is 2. The average Bonchev–Trinajstić information content (AvgIpc) is 2.98. The molecule has 3 aromatic rings. The largest absolute Gasteiger partial charge is 0.473 e. The van der Waals surface area contributed by atoms with Gasteiger partial charge in [0, 0.05) is 36.1 Å². The summed E-state index contributed by atoms with van der Waals surface area (Å²) in [6.07, 6.45) is 3.47. The summed E-state index contributed by atoms with van der Waals surface area (Å²) in [5.74, 6) is 6.01. The predicted molar refractivity (Wildman–Crippen MR) is 88.9 cm³/mol. The van der Waals surface area contributed by atoms with Gasteiger partial charge in [0.15, 0.2) is 0 Å². The number of benzene rings is 1. The van der Waals surface area contributed by atoms with E-state index in [-0.39, 0.29) is 12.4 Å². The maximum absolute atomic E-state index is 14.2. The fraction of sp³-hybridized carbons (Fsp3) is 0.158. The first-order valence-corrected chi connectivity index (χ1v) is 7.46. The molecule has 0 unspecified atom stereocenters. The number of hydrogen-bond donors (Lipinski definition) is 0. The van der Waals surface area contributed by atoms with E-state index in [0.717, 1.165) is 11.3 Å². The number of nitrogens with zero attached hydrogens (tertiary/aromatic N) is 3. The van der Waals surface area contributed by atoms with E-state index in [2.05, 4.69) is 21.9 Å². The molecule has 1 aromatic carbocycles. The first-order valence-electron chi connectivity index (χ1n) is 7.46. The van der Waals surface area contributed by atoms with Crippen molar-refractivity contribution in [3.8, 4) is 17.7 Å². The Kier molecular flexibility index (Phi) is 4.57. The molecule has 2 aromatic heterocycles. The van der Waals surface area contributed by atoms with Gasteiger partial charge in [-0.3, -0.25) is 4.68 Å². The molecule has 4 nitrogen and oxygen atoms in total. The fourth-order valence-corrected chi connectivity index (χ4v) is 2.12. The summed E-state index contributed by atoms with van der Waals surface area (Å²) in [6, 6.07) is 10.3. The van der Waals surface area contributed by atoms with Crippen LogP contribution in [0.5, 0.6) is 5.88 Å². The van der Waals surface area contributed by atoms with E-state index in [1.807, 2.05) is 26.1 Å². The predicted octanol–water partition coefficient (Wildman–Crippen LogP) is 3.24. The van der Waals surface area contributed by atoms with Gasteiger partial charge in [-0.25, -0.2) is 9.37 Å². The molecule has 0 N–H and O–H groups in total. The molecule has 0 bridgehead atoms. The van der Waals surface area contributed by atoms with Crippen LogP contribution in [-0.4, -0.2) is 14.8 Å². The molecule has 0 saturated carbocycles. The quantitative estimate of drug-likeness (QED) is 0.695. The summed E-state index contributed by atoms with van der Waals surface area (Å²) >= 11 is 0. The van der Waals surface area contributed by atoms with Gasteiger partial charge in [0.05, 0.1) is 11.8 Å². The van der Waals surface area contributed by atoms with Crippen LogP contribution in [0.15, 0.2) is 48.8 Å². The van der Waals surface area contributed by atoms with Crippen molar-refractivity contribution in [2.24, 2.45) is 7.05 Å². The van der Waals surface area contributed by atoms with Crippen LogP contribution >= 0.6 is 0 Å². The number of pyridine rings is 1. The maximum atomic E-state index is 14.2. The van der Waals surface area contributed by atoms with Gasteiger partial charge in [-0.15, -0.1) is 0 Å². The number of ether oxygens (including phenoxy) is 1. The molecule has 120 valence electrons. The molecule has 0 saturated heterocycles. The lowest BCUT2D eigenvalue weighted by molar-refractivity contribution is 0.287. The van der Waals surface area contributed by atoms with Crippen LogP contribution in [0.4, 0.5) is 4.39 Å². The Morgan fingerprint density at radius 1 is 1.17 bits per heavy atom. The van der Waals surface area contributed by atoms with Crippen molar-refractivity contribution < 1.29 is 9.13 Å². The van der Waals surface area contributed by atoms with Gasteiger partial charge < -0.3 is 4.74 Å². The van der Waals surface area contributed by atoms with Crippen LogP contribution in [0.3, 0.4) is 0 Å². The van der Waals surface area contributed by atoms with Crippen LogP contribution in [0.2, 0.25) is 0 Å². The third-order valence-corrected chi connectivity index (χ3v) is 3.35. The van der Waals surface area contributed by atoms with Crippen molar-refractivity contribution in [3.05, 3.63) is 77.0 Å². The fourth-order valence-electron chi connectivity index (χ4n) is 2.12. The SMILES string of the molecule is Cc1cccc(OCc2ccc(C#Cc3cnn(C)c3)cc2F)n1. The Labute approximate surface area is 139 Å². The first kappa shape index (κ1) is 15.8. The summed E-state index contributed by atoms with van der Waals surface area (Å²) in [4.78, 5) is 4.23. The highest BCUT2D eigenvalue weighted by Gasteiger charge is 2.05. The second-order valence-corrected chi connectivity index (χ2v) is 5.36. The zero-order chi connectivity index (χ0) is 16.9. The van der Waals surface area contributed by atoms with Gasteiger partial charge in [0.1, 0.15) is 12.4 Å². The summed E-state index contributed by atoms with van der Waals surface area (Å²) in [6.45, 7) is 2.00. The van der Waals surface area contributed by atoms with E-state index < -0.39 is 0 Å². The van der Waals surface area contributed by atoms with E-state index in [9.17, 15) is 4.39 Å². The molecule has 0 atom stereocenters. The van der Waals surface area contributed by atoms with Crippen molar-refractivity contribution in [2.45, 2.75) is 13.5 Å². The first-order chi connectivity index (χ1) is 11.6. The lowest BCUT2D eigenvalue weighted by Gasteiger charge is -2.07. The van der Waals surface area contributed by atoms with E-state index in [1.165, 1.54) is 6.07 Å². The minimum atomic E-state index is -0.347. The Bertz CT molecular complexity index is 922. The van der Waals surface area contributed by atoms with Crippen LogP contribution in [0.1, 0.15) is 22.4 Å². The van der Waals surface area contributed by atoms with E-state index in [4.69, 9.17) is 4.74 Å². The minimum Gasteiger partial charge on any atom is -0.473 e. The number of halogens is 1. The van der Waals surface area contributed by atoms with Crippen LogP contribution in [0, 0.1) is 24.6 Å². The van der Waals surface area contributed by atoms with Crippen molar-refractivity contribution >= 4 is 0 Å². The molecular weight excluding hydrogens is 305 g/mol. The molecule has 0 aliphatic carbocycles. The van der Waals surface area contributed by atoms with Crippen molar-refractivity contribution in [1.82, 2.24) is 14.8 Å². The normalized spacial score (nSPS) is 10.1. The third kappa shape index (κ3) is 3.99. The second kappa shape index (κ2) is 6.97. The number of hydrogen-bond acceptors (Lipinski definition) is 3. The summed E-state index contributed by atoms with van der Waals surface area (Å²) in [5, 5.41) is 4.04. The molecule has 3 rings (SSSR count). The monoisotopic (exact) mass is 321 g/mol. The standard InChI is InChI=1S/C19H16FN3O/c1-14-4-3-5-19(22-14)24-13-17-9-8-15(10-18(17)20)6-7-16-11-21-23(2)12-16/h3-5,8-12H,13H2,1-2H3. The van der Waals surface area contributed by atoms with E-state index in [0.29, 0.717) is 17.0 Å². The van der Waals surface area contributed by atoms with Gasteiger partial charge in [-0.05, 0) is 25.1 Å². The van der Waals surface area contributed by atoms with Gasteiger partial charge >= 0.3 is 0 Å². The maximum Gasteiger partial charge on any atom is 0.213 e. The zero-order valence-corrected chi connectivity index (χ0v) is 13.5.